The SMILES string of the molecule is CCNC(CC)c1nnc(C(C)C2CC2)o1. The maximum atomic E-state index is 5.77. The molecule has 2 unspecified atom stereocenters. The Morgan fingerprint density at radius 1 is 1.31 bits per heavy atom. The molecule has 4 heteroatoms. The third-order valence-electron chi connectivity index (χ3n) is 3.33. The maximum absolute atomic E-state index is 5.77. The Balaban J connectivity index is 2.04. The van der Waals surface area contributed by atoms with Crippen molar-refractivity contribution < 1.29 is 4.42 Å². The first-order chi connectivity index (χ1) is 7.76. The maximum Gasteiger partial charge on any atom is 0.233 e. The summed E-state index contributed by atoms with van der Waals surface area (Å²) in [6.45, 7) is 7.33. The molecule has 0 aliphatic heterocycles. The molecule has 0 bridgehead atoms. The summed E-state index contributed by atoms with van der Waals surface area (Å²) in [6.07, 6.45) is 3.60. The smallest absolute Gasteiger partial charge is 0.233 e. The van der Waals surface area contributed by atoms with Crippen molar-refractivity contribution in [1.29, 1.82) is 0 Å². The van der Waals surface area contributed by atoms with Gasteiger partial charge in [0.15, 0.2) is 0 Å². The number of aromatic nitrogens is 2. The second kappa shape index (κ2) is 4.95. The Hall–Kier alpha value is -0.900. The first-order valence-electron chi connectivity index (χ1n) is 6.32. The topological polar surface area (TPSA) is 51.0 Å². The third-order valence-corrected chi connectivity index (χ3v) is 3.33. The molecule has 0 aromatic carbocycles. The molecule has 2 rings (SSSR count). The molecule has 16 heavy (non-hydrogen) atoms. The fourth-order valence-corrected chi connectivity index (χ4v) is 2.02. The molecule has 0 radical (unpaired) electrons. The summed E-state index contributed by atoms with van der Waals surface area (Å²) >= 11 is 0. The van der Waals surface area contributed by atoms with Crippen LogP contribution in [0.3, 0.4) is 0 Å². The molecule has 1 aromatic rings. The summed E-state index contributed by atoms with van der Waals surface area (Å²) in [7, 11) is 0. The zero-order chi connectivity index (χ0) is 11.5. The molecular weight excluding hydrogens is 202 g/mol. The highest BCUT2D eigenvalue weighted by molar-refractivity contribution is 4.99. The molecule has 1 aromatic heterocycles. The second-order valence-corrected chi connectivity index (χ2v) is 4.62. The molecule has 1 heterocycles. The first kappa shape index (κ1) is 11.6. The lowest BCUT2D eigenvalue weighted by molar-refractivity contribution is 0.358. The second-order valence-electron chi connectivity index (χ2n) is 4.62. The van der Waals surface area contributed by atoms with Crippen LogP contribution in [0.4, 0.5) is 0 Å². The lowest BCUT2D eigenvalue weighted by Gasteiger charge is -2.10. The number of nitrogens with one attached hydrogen (secondary N) is 1. The molecule has 1 saturated carbocycles. The molecular formula is C12H21N3O. The third kappa shape index (κ3) is 2.43. The Kier molecular flexibility index (Phi) is 3.59. The van der Waals surface area contributed by atoms with Crippen LogP contribution in [-0.2, 0) is 0 Å². The van der Waals surface area contributed by atoms with Crippen LogP contribution in [-0.4, -0.2) is 16.7 Å². The van der Waals surface area contributed by atoms with Gasteiger partial charge in [0.2, 0.25) is 11.8 Å². The highest BCUT2D eigenvalue weighted by Crippen LogP contribution is 2.41. The van der Waals surface area contributed by atoms with Crippen molar-refractivity contribution in [3.63, 3.8) is 0 Å². The summed E-state index contributed by atoms with van der Waals surface area (Å²) in [6, 6.07) is 0.206. The van der Waals surface area contributed by atoms with Crippen LogP contribution in [0, 0.1) is 5.92 Å². The molecule has 2 atom stereocenters. The molecule has 1 fully saturated rings. The van der Waals surface area contributed by atoms with E-state index in [2.05, 4.69) is 36.3 Å². The van der Waals surface area contributed by atoms with Crippen molar-refractivity contribution in [3.05, 3.63) is 11.8 Å². The van der Waals surface area contributed by atoms with E-state index in [1.165, 1.54) is 12.8 Å². The molecule has 0 amide bonds. The van der Waals surface area contributed by atoms with Gasteiger partial charge in [-0.05, 0) is 31.7 Å². The van der Waals surface area contributed by atoms with Crippen molar-refractivity contribution >= 4 is 0 Å². The first-order valence-corrected chi connectivity index (χ1v) is 6.32. The fourth-order valence-electron chi connectivity index (χ4n) is 2.02. The van der Waals surface area contributed by atoms with E-state index in [1.807, 2.05) is 0 Å². The number of hydrogen-bond donors (Lipinski definition) is 1. The minimum atomic E-state index is 0.206. The average molecular weight is 223 g/mol. The van der Waals surface area contributed by atoms with Crippen molar-refractivity contribution in [2.45, 2.75) is 52.0 Å². The van der Waals surface area contributed by atoms with Gasteiger partial charge in [0.1, 0.15) is 0 Å². The van der Waals surface area contributed by atoms with Crippen LogP contribution in [0.2, 0.25) is 0 Å². The van der Waals surface area contributed by atoms with Gasteiger partial charge >= 0.3 is 0 Å². The summed E-state index contributed by atoms with van der Waals surface area (Å²) in [4.78, 5) is 0. The monoisotopic (exact) mass is 223 g/mol. The van der Waals surface area contributed by atoms with Gasteiger partial charge in [-0.2, -0.15) is 0 Å². The number of rotatable bonds is 6. The summed E-state index contributed by atoms with van der Waals surface area (Å²) in [5, 5.41) is 11.7. The van der Waals surface area contributed by atoms with Crippen LogP contribution in [0.25, 0.3) is 0 Å². The van der Waals surface area contributed by atoms with Crippen molar-refractivity contribution in [2.24, 2.45) is 5.92 Å². The molecule has 0 spiro atoms. The van der Waals surface area contributed by atoms with E-state index in [0.717, 1.165) is 30.7 Å². The lowest BCUT2D eigenvalue weighted by Crippen LogP contribution is -2.20. The van der Waals surface area contributed by atoms with E-state index in [4.69, 9.17) is 4.42 Å². The van der Waals surface area contributed by atoms with Gasteiger partial charge < -0.3 is 9.73 Å². The minimum Gasteiger partial charge on any atom is -0.423 e. The van der Waals surface area contributed by atoms with E-state index in [-0.39, 0.29) is 6.04 Å². The van der Waals surface area contributed by atoms with Crippen LogP contribution in [0.5, 0.6) is 0 Å². The molecule has 0 saturated heterocycles. The Bertz CT molecular complexity index is 333. The quantitative estimate of drug-likeness (QED) is 0.805. The van der Waals surface area contributed by atoms with E-state index < -0.39 is 0 Å². The van der Waals surface area contributed by atoms with Gasteiger partial charge in [0, 0.05) is 5.92 Å². The number of nitrogens with zero attached hydrogens (tertiary/aromatic N) is 2. The molecule has 90 valence electrons. The van der Waals surface area contributed by atoms with Crippen molar-refractivity contribution in [2.75, 3.05) is 6.54 Å². The van der Waals surface area contributed by atoms with Crippen molar-refractivity contribution in [1.82, 2.24) is 15.5 Å². The average Bonchev–Trinajstić information content (AvgIpc) is 3.03. The van der Waals surface area contributed by atoms with E-state index in [9.17, 15) is 0 Å². The molecule has 1 N–H and O–H groups in total. The molecule has 1 aliphatic carbocycles. The fraction of sp³-hybridized carbons (Fsp3) is 0.833. The predicted molar refractivity (Wildman–Crippen MR) is 62.1 cm³/mol. The predicted octanol–water partition coefficient (Wildman–Crippen LogP) is 2.64. The van der Waals surface area contributed by atoms with Gasteiger partial charge in [-0.3, -0.25) is 0 Å². The highest BCUT2D eigenvalue weighted by Gasteiger charge is 2.32. The highest BCUT2D eigenvalue weighted by atomic mass is 16.4. The Morgan fingerprint density at radius 2 is 2.00 bits per heavy atom. The van der Waals surface area contributed by atoms with Crippen LogP contribution in [0.15, 0.2) is 4.42 Å². The van der Waals surface area contributed by atoms with Gasteiger partial charge in [0.25, 0.3) is 0 Å². The number of hydrogen-bond acceptors (Lipinski definition) is 4. The van der Waals surface area contributed by atoms with E-state index in [0.29, 0.717) is 5.92 Å². The van der Waals surface area contributed by atoms with Gasteiger partial charge in [-0.25, -0.2) is 0 Å². The van der Waals surface area contributed by atoms with Gasteiger partial charge in [-0.1, -0.05) is 20.8 Å². The zero-order valence-corrected chi connectivity index (χ0v) is 10.4. The molecule has 4 nitrogen and oxygen atoms in total. The van der Waals surface area contributed by atoms with Gasteiger partial charge in [0.05, 0.1) is 6.04 Å². The van der Waals surface area contributed by atoms with Gasteiger partial charge in [-0.15, -0.1) is 10.2 Å². The Morgan fingerprint density at radius 3 is 2.56 bits per heavy atom. The zero-order valence-electron chi connectivity index (χ0n) is 10.4. The Labute approximate surface area is 96.8 Å². The lowest BCUT2D eigenvalue weighted by atomic mass is 10.1. The summed E-state index contributed by atoms with van der Waals surface area (Å²) < 4.78 is 5.77. The molecule has 1 aliphatic rings. The van der Waals surface area contributed by atoms with Crippen LogP contribution in [0.1, 0.15) is 63.8 Å². The normalized spacial score (nSPS) is 19.7. The van der Waals surface area contributed by atoms with E-state index >= 15 is 0 Å². The summed E-state index contributed by atoms with van der Waals surface area (Å²) in [5.41, 5.74) is 0. The standard InChI is InChI=1S/C12H21N3O/c1-4-10(13-5-2)12-15-14-11(16-12)8(3)9-6-7-9/h8-10,13H,4-7H2,1-3H3. The van der Waals surface area contributed by atoms with E-state index in [1.54, 1.807) is 0 Å². The summed E-state index contributed by atoms with van der Waals surface area (Å²) in [5.74, 6) is 2.76. The van der Waals surface area contributed by atoms with Crippen LogP contribution >= 0.6 is 0 Å². The minimum absolute atomic E-state index is 0.206. The van der Waals surface area contributed by atoms with Crippen LogP contribution < -0.4 is 5.32 Å². The largest absolute Gasteiger partial charge is 0.423 e. The van der Waals surface area contributed by atoms with Crippen molar-refractivity contribution in [3.8, 4) is 0 Å².